The number of anilines is 1. The molecule has 4 amide bonds. The summed E-state index contributed by atoms with van der Waals surface area (Å²) >= 11 is 5.85. The molecule has 9 heteroatoms. The van der Waals surface area contributed by atoms with Gasteiger partial charge in [-0.25, -0.2) is 0 Å². The van der Waals surface area contributed by atoms with Gasteiger partial charge in [0.25, 0.3) is 5.91 Å². The molecule has 0 aliphatic carbocycles. The van der Waals surface area contributed by atoms with Crippen LogP contribution in [0.15, 0.2) is 36.4 Å². The van der Waals surface area contributed by atoms with Gasteiger partial charge in [-0.1, -0.05) is 29.8 Å². The van der Waals surface area contributed by atoms with Crippen LogP contribution in [0.25, 0.3) is 0 Å². The summed E-state index contributed by atoms with van der Waals surface area (Å²) in [5, 5.41) is 6.12. The zero-order chi connectivity index (χ0) is 25.7. The van der Waals surface area contributed by atoms with Gasteiger partial charge in [0, 0.05) is 48.9 Å². The summed E-state index contributed by atoms with van der Waals surface area (Å²) in [6.45, 7) is 6.69. The van der Waals surface area contributed by atoms with Crippen molar-refractivity contribution in [2.45, 2.75) is 58.8 Å². The van der Waals surface area contributed by atoms with E-state index in [2.05, 4.69) is 10.6 Å². The summed E-state index contributed by atoms with van der Waals surface area (Å²) in [6.07, 6.45) is 1.41. The third-order valence-electron chi connectivity index (χ3n) is 6.21. The Hall–Kier alpha value is -3.39. The number of benzene rings is 2. The molecule has 186 valence electrons. The average molecular weight is 499 g/mol. The van der Waals surface area contributed by atoms with Crippen molar-refractivity contribution in [3.8, 4) is 0 Å². The van der Waals surface area contributed by atoms with Gasteiger partial charge in [-0.3, -0.25) is 24.5 Å². The van der Waals surface area contributed by atoms with Crippen molar-refractivity contribution in [2.75, 3.05) is 12.4 Å². The highest BCUT2D eigenvalue weighted by Gasteiger charge is 2.39. The van der Waals surface area contributed by atoms with E-state index >= 15 is 0 Å². The first-order valence-electron chi connectivity index (χ1n) is 11.6. The Morgan fingerprint density at radius 1 is 1.20 bits per heavy atom. The first-order chi connectivity index (χ1) is 16.6. The summed E-state index contributed by atoms with van der Waals surface area (Å²) in [6, 6.07) is 10.9. The molecule has 0 spiro atoms. The maximum absolute atomic E-state index is 12.6. The summed E-state index contributed by atoms with van der Waals surface area (Å²) in [5.74, 6) is -0.896. The molecule has 1 saturated heterocycles. The van der Waals surface area contributed by atoms with Crippen LogP contribution < -0.4 is 10.6 Å². The summed E-state index contributed by atoms with van der Waals surface area (Å²) in [4.78, 5) is 50.3. The minimum absolute atomic E-state index is 0.0901. The molecule has 2 aliphatic heterocycles. The fraction of sp³-hybridized carbons (Fsp3) is 0.385. The molecule has 0 saturated carbocycles. The Labute approximate surface area is 210 Å². The molecule has 2 aromatic rings. The summed E-state index contributed by atoms with van der Waals surface area (Å²) in [5.41, 5.74) is 4.53. The fourth-order valence-electron chi connectivity index (χ4n) is 4.03. The lowest BCUT2D eigenvalue weighted by Gasteiger charge is -2.29. The normalized spacial score (nSPS) is 16.9. The highest BCUT2D eigenvalue weighted by Crippen LogP contribution is 2.28. The second kappa shape index (κ2) is 11.4. The van der Waals surface area contributed by atoms with Crippen LogP contribution in [0.1, 0.15) is 53.7 Å². The molecule has 0 bridgehead atoms. The van der Waals surface area contributed by atoms with Gasteiger partial charge in [0.1, 0.15) is 6.04 Å². The smallest absolute Gasteiger partial charge is 0.255 e. The lowest BCUT2D eigenvalue weighted by Crippen LogP contribution is -2.52. The average Bonchev–Trinajstić information content (AvgIpc) is 3.15. The van der Waals surface area contributed by atoms with E-state index in [9.17, 15) is 19.2 Å². The molecule has 4 rings (SSSR count). The highest BCUT2D eigenvalue weighted by atomic mass is 35.5. The largest absolute Gasteiger partial charge is 0.388 e. The Kier molecular flexibility index (Phi) is 8.51. The molecule has 35 heavy (non-hydrogen) atoms. The van der Waals surface area contributed by atoms with Crippen molar-refractivity contribution in [2.24, 2.45) is 0 Å². The first-order valence-corrected chi connectivity index (χ1v) is 11.9. The number of halogens is 1. The third-order valence-corrected chi connectivity index (χ3v) is 6.62. The number of nitrogens with one attached hydrogen (secondary N) is 2. The number of fused-ring (bicyclic) bond motifs is 1. The molecule has 0 radical (unpaired) electrons. The number of aryl methyl sites for hydroxylation is 1. The number of imide groups is 1. The Morgan fingerprint density at radius 2 is 1.94 bits per heavy atom. The number of piperidine rings is 1. The number of amides is 4. The van der Waals surface area contributed by atoms with Crippen molar-refractivity contribution in [3.05, 3.63) is 63.7 Å². The number of nitrogens with zero attached hydrogens (tertiary/aromatic N) is 2. The molecule has 1 atom stereocenters. The molecule has 1 unspecified atom stereocenters. The topological polar surface area (TPSA) is 98.8 Å². The number of rotatable bonds is 6. The van der Waals surface area contributed by atoms with Crippen LogP contribution in [-0.4, -0.2) is 53.1 Å². The number of carbonyl (C=O) groups excluding carboxylic acids is 4. The third kappa shape index (κ3) is 6.19. The highest BCUT2D eigenvalue weighted by molar-refractivity contribution is 6.31. The van der Waals surface area contributed by atoms with E-state index in [0.29, 0.717) is 25.1 Å². The van der Waals surface area contributed by atoms with E-state index < -0.39 is 11.9 Å². The molecule has 0 aromatic heterocycles. The van der Waals surface area contributed by atoms with E-state index in [4.69, 9.17) is 11.6 Å². The van der Waals surface area contributed by atoms with Crippen LogP contribution in [0, 0.1) is 6.92 Å². The molecule has 2 N–H and O–H groups in total. The quantitative estimate of drug-likeness (QED) is 0.469. The Bertz CT molecular complexity index is 1130. The van der Waals surface area contributed by atoms with Gasteiger partial charge in [0.05, 0.1) is 0 Å². The predicted octanol–water partition coefficient (Wildman–Crippen LogP) is 3.50. The van der Waals surface area contributed by atoms with Gasteiger partial charge < -0.3 is 15.1 Å². The van der Waals surface area contributed by atoms with E-state index in [1.165, 1.54) is 4.90 Å². The minimum atomic E-state index is -0.608. The molecular weight excluding hydrogens is 468 g/mol. The molecule has 1 fully saturated rings. The van der Waals surface area contributed by atoms with E-state index in [1.54, 1.807) is 11.0 Å². The van der Waals surface area contributed by atoms with Crippen molar-refractivity contribution < 1.29 is 19.2 Å². The van der Waals surface area contributed by atoms with Gasteiger partial charge in [-0.2, -0.15) is 0 Å². The maximum Gasteiger partial charge on any atom is 0.255 e. The lowest BCUT2D eigenvalue weighted by atomic mass is 10.0. The van der Waals surface area contributed by atoms with Crippen molar-refractivity contribution in [1.82, 2.24) is 15.1 Å². The summed E-state index contributed by atoms with van der Waals surface area (Å²) < 4.78 is 0. The minimum Gasteiger partial charge on any atom is -0.388 e. The van der Waals surface area contributed by atoms with Gasteiger partial charge in [0.2, 0.25) is 18.2 Å². The molecule has 2 aliphatic rings. The number of hydrogen-bond donors (Lipinski definition) is 2. The SMILES string of the molecule is CC(C)N(C=O)Cc1ccc2c(c1)CN(C1CCC(=O)NC1=O)C2=O.CNc1ccc(C)c(Cl)c1. The molecule has 2 aromatic carbocycles. The van der Waals surface area contributed by atoms with Gasteiger partial charge in [-0.05, 0) is 62.1 Å². The van der Waals surface area contributed by atoms with Crippen LogP contribution in [0.3, 0.4) is 0 Å². The second-order valence-corrected chi connectivity index (χ2v) is 9.38. The zero-order valence-corrected chi connectivity index (χ0v) is 21.2. The summed E-state index contributed by atoms with van der Waals surface area (Å²) in [7, 11) is 1.88. The zero-order valence-electron chi connectivity index (χ0n) is 20.4. The Balaban J connectivity index is 0.000000287. The van der Waals surface area contributed by atoms with Crippen molar-refractivity contribution in [3.63, 3.8) is 0 Å². The Morgan fingerprint density at radius 3 is 2.54 bits per heavy atom. The van der Waals surface area contributed by atoms with Gasteiger partial charge in [0.15, 0.2) is 0 Å². The van der Waals surface area contributed by atoms with Crippen LogP contribution in [0.5, 0.6) is 0 Å². The van der Waals surface area contributed by atoms with Gasteiger partial charge in [-0.15, -0.1) is 0 Å². The predicted molar refractivity (Wildman–Crippen MR) is 135 cm³/mol. The standard InChI is InChI=1S/C18H21N3O4.C8H10ClN/c1-11(2)20(10-22)8-12-3-4-14-13(7-12)9-21(18(14)25)15-5-6-16(23)19-17(15)24;1-6-3-4-7(10-2)5-8(6)9/h3-4,7,10-11,15H,5-6,8-9H2,1-2H3,(H,19,23,24);3-5,10H,1-2H3. The molecule has 8 nitrogen and oxygen atoms in total. The number of carbonyl (C=O) groups is 4. The maximum atomic E-state index is 12.6. The van der Waals surface area contributed by atoms with E-state index in [-0.39, 0.29) is 24.3 Å². The molecule has 2 heterocycles. The van der Waals surface area contributed by atoms with Gasteiger partial charge >= 0.3 is 0 Å². The second-order valence-electron chi connectivity index (χ2n) is 8.98. The van der Waals surface area contributed by atoms with E-state index in [1.807, 2.05) is 58.2 Å². The first kappa shape index (κ1) is 26.2. The van der Waals surface area contributed by atoms with Crippen LogP contribution in [0.2, 0.25) is 5.02 Å². The van der Waals surface area contributed by atoms with Crippen LogP contribution in [-0.2, 0) is 27.5 Å². The number of hydrogen-bond acceptors (Lipinski definition) is 5. The van der Waals surface area contributed by atoms with Crippen LogP contribution >= 0.6 is 11.6 Å². The fourth-order valence-corrected chi connectivity index (χ4v) is 4.21. The van der Waals surface area contributed by atoms with E-state index in [0.717, 1.165) is 33.8 Å². The molecular formula is C26H31ClN4O4. The van der Waals surface area contributed by atoms with Crippen molar-refractivity contribution >= 4 is 41.4 Å². The van der Waals surface area contributed by atoms with Crippen LogP contribution in [0.4, 0.5) is 5.69 Å². The monoisotopic (exact) mass is 498 g/mol. The van der Waals surface area contributed by atoms with Crippen molar-refractivity contribution in [1.29, 1.82) is 0 Å². The lowest BCUT2D eigenvalue weighted by molar-refractivity contribution is -0.137.